The van der Waals surface area contributed by atoms with E-state index in [1.165, 1.54) is 0 Å². The highest BCUT2D eigenvalue weighted by Crippen LogP contribution is 2.13. The summed E-state index contributed by atoms with van der Waals surface area (Å²) in [6.07, 6.45) is 4.04. The van der Waals surface area contributed by atoms with E-state index in [1.807, 2.05) is 11.0 Å². The normalized spacial score (nSPS) is 14.0. The van der Waals surface area contributed by atoms with Gasteiger partial charge in [0.1, 0.15) is 0 Å². The summed E-state index contributed by atoms with van der Waals surface area (Å²) in [7, 11) is 0. The smallest absolute Gasteiger partial charge is 0.338 e. The van der Waals surface area contributed by atoms with Crippen LogP contribution >= 0.6 is 0 Å². The quantitative estimate of drug-likeness (QED) is 0.621. The van der Waals surface area contributed by atoms with E-state index in [9.17, 15) is 9.59 Å². The molecule has 0 aliphatic carbocycles. The monoisotopic (exact) mass is 304 g/mol. The summed E-state index contributed by atoms with van der Waals surface area (Å²) in [5.74, 6) is -0.212. The molecule has 0 unspecified atom stereocenters. The van der Waals surface area contributed by atoms with Gasteiger partial charge in [0.15, 0.2) is 0 Å². The van der Waals surface area contributed by atoms with Gasteiger partial charge in [-0.05, 0) is 37.5 Å². The molecule has 1 amide bonds. The molecule has 5 nitrogen and oxygen atoms in total. The fourth-order valence-corrected chi connectivity index (χ4v) is 2.40. The number of nitrogens with zero attached hydrogens (tertiary/aromatic N) is 1. The van der Waals surface area contributed by atoms with Gasteiger partial charge in [-0.25, -0.2) is 4.79 Å². The zero-order valence-electron chi connectivity index (χ0n) is 13.1. The number of rotatable bonds is 7. The number of hydrogen-bond donors (Lipinski definition) is 1. The summed E-state index contributed by atoms with van der Waals surface area (Å²) in [5.41, 5.74) is 1.27. The highest BCUT2D eigenvalue weighted by atomic mass is 16.5. The molecule has 0 bridgehead atoms. The first-order valence-electron chi connectivity index (χ1n) is 7.99. The molecule has 0 atom stereocenters. The van der Waals surface area contributed by atoms with E-state index in [0.717, 1.165) is 44.5 Å². The maximum atomic E-state index is 12.0. The van der Waals surface area contributed by atoms with Crippen LogP contribution in [0.4, 0.5) is 5.69 Å². The highest BCUT2D eigenvalue weighted by Gasteiger charge is 2.17. The van der Waals surface area contributed by atoms with Gasteiger partial charge in [-0.15, -0.1) is 0 Å². The number of carbonyl (C=O) groups is 2. The Morgan fingerprint density at radius 2 is 2.05 bits per heavy atom. The van der Waals surface area contributed by atoms with Gasteiger partial charge in [-0.1, -0.05) is 19.4 Å². The minimum atomic E-state index is -0.317. The van der Waals surface area contributed by atoms with Crippen LogP contribution < -0.4 is 5.32 Å². The number of hydrogen-bond acceptors (Lipinski definition) is 4. The number of anilines is 1. The van der Waals surface area contributed by atoms with Gasteiger partial charge in [0.25, 0.3) is 0 Å². The number of benzene rings is 1. The first-order chi connectivity index (χ1) is 10.7. The van der Waals surface area contributed by atoms with E-state index in [4.69, 9.17) is 4.74 Å². The Kier molecular flexibility index (Phi) is 6.25. The van der Waals surface area contributed by atoms with Gasteiger partial charge in [0.05, 0.1) is 18.7 Å². The zero-order chi connectivity index (χ0) is 15.8. The second kappa shape index (κ2) is 8.41. The molecule has 1 aliphatic rings. The second-order valence-electron chi connectivity index (χ2n) is 5.51. The summed E-state index contributed by atoms with van der Waals surface area (Å²) >= 11 is 0. The summed E-state index contributed by atoms with van der Waals surface area (Å²) < 4.78 is 5.19. The SMILES string of the molecule is CCCCOC(=O)c1cccc(NCC(=O)N2CCCC2)c1. The molecule has 0 spiro atoms. The van der Waals surface area contributed by atoms with Crippen molar-refractivity contribution in [3.05, 3.63) is 29.8 Å². The molecule has 5 heteroatoms. The van der Waals surface area contributed by atoms with Crippen molar-refractivity contribution in [3.8, 4) is 0 Å². The lowest BCUT2D eigenvalue weighted by atomic mass is 10.2. The molecular formula is C17H24N2O3. The molecule has 1 aromatic rings. The van der Waals surface area contributed by atoms with Crippen LogP contribution in [-0.2, 0) is 9.53 Å². The van der Waals surface area contributed by atoms with Crippen LogP contribution in [0.2, 0.25) is 0 Å². The van der Waals surface area contributed by atoms with Crippen LogP contribution in [0.25, 0.3) is 0 Å². The van der Waals surface area contributed by atoms with Gasteiger partial charge in [-0.3, -0.25) is 4.79 Å². The highest BCUT2D eigenvalue weighted by molar-refractivity contribution is 5.90. The van der Waals surface area contributed by atoms with Crippen LogP contribution in [0.5, 0.6) is 0 Å². The summed E-state index contributed by atoms with van der Waals surface area (Å²) in [5, 5.41) is 3.08. The number of ether oxygens (including phenoxy) is 1. The van der Waals surface area contributed by atoms with Crippen molar-refractivity contribution < 1.29 is 14.3 Å². The van der Waals surface area contributed by atoms with E-state index >= 15 is 0 Å². The predicted molar refractivity (Wildman–Crippen MR) is 85.9 cm³/mol. The van der Waals surface area contributed by atoms with E-state index in [0.29, 0.717) is 12.2 Å². The number of nitrogens with one attached hydrogen (secondary N) is 1. The topological polar surface area (TPSA) is 58.6 Å². The Bertz CT molecular complexity index is 510. The van der Waals surface area contributed by atoms with Gasteiger partial charge in [0, 0.05) is 18.8 Å². The maximum Gasteiger partial charge on any atom is 0.338 e. The molecule has 1 N–H and O–H groups in total. The first-order valence-corrected chi connectivity index (χ1v) is 7.99. The Hall–Kier alpha value is -2.04. The Morgan fingerprint density at radius 3 is 2.77 bits per heavy atom. The zero-order valence-corrected chi connectivity index (χ0v) is 13.1. The third-order valence-electron chi connectivity index (χ3n) is 3.73. The van der Waals surface area contributed by atoms with E-state index in [1.54, 1.807) is 18.2 Å². The van der Waals surface area contributed by atoms with E-state index in [-0.39, 0.29) is 18.4 Å². The van der Waals surface area contributed by atoms with Gasteiger partial charge < -0.3 is 15.0 Å². The minimum Gasteiger partial charge on any atom is -0.462 e. The fourth-order valence-electron chi connectivity index (χ4n) is 2.40. The molecule has 1 fully saturated rings. The maximum absolute atomic E-state index is 12.0. The van der Waals surface area contributed by atoms with Crippen molar-refractivity contribution in [2.24, 2.45) is 0 Å². The van der Waals surface area contributed by atoms with Gasteiger partial charge >= 0.3 is 5.97 Å². The van der Waals surface area contributed by atoms with Crippen LogP contribution in [0.1, 0.15) is 43.0 Å². The molecule has 2 rings (SSSR count). The number of esters is 1. The Labute approximate surface area is 131 Å². The van der Waals surface area contributed by atoms with Crippen molar-refractivity contribution in [1.82, 2.24) is 4.90 Å². The summed E-state index contributed by atoms with van der Waals surface area (Å²) in [6.45, 7) is 4.46. The van der Waals surface area contributed by atoms with E-state index < -0.39 is 0 Å². The molecule has 1 aliphatic heterocycles. The van der Waals surface area contributed by atoms with Gasteiger partial charge in [-0.2, -0.15) is 0 Å². The number of amides is 1. The van der Waals surface area contributed by atoms with Crippen molar-refractivity contribution in [2.45, 2.75) is 32.6 Å². The molecule has 0 radical (unpaired) electrons. The van der Waals surface area contributed by atoms with Crippen LogP contribution in [-0.4, -0.2) is 43.0 Å². The Morgan fingerprint density at radius 1 is 1.27 bits per heavy atom. The first kappa shape index (κ1) is 16.3. The van der Waals surface area contributed by atoms with Gasteiger partial charge in [0.2, 0.25) is 5.91 Å². The van der Waals surface area contributed by atoms with Crippen LogP contribution in [0, 0.1) is 0 Å². The number of carbonyl (C=O) groups excluding carboxylic acids is 2. The molecule has 1 heterocycles. The molecule has 120 valence electrons. The largest absolute Gasteiger partial charge is 0.462 e. The lowest BCUT2D eigenvalue weighted by molar-refractivity contribution is -0.128. The second-order valence-corrected chi connectivity index (χ2v) is 5.51. The number of unbranched alkanes of at least 4 members (excludes halogenated alkanes) is 1. The van der Waals surface area contributed by atoms with Crippen molar-refractivity contribution >= 4 is 17.6 Å². The molecule has 22 heavy (non-hydrogen) atoms. The van der Waals surface area contributed by atoms with Crippen molar-refractivity contribution in [2.75, 3.05) is 31.6 Å². The van der Waals surface area contributed by atoms with E-state index in [2.05, 4.69) is 12.2 Å². The standard InChI is InChI=1S/C17H24N2O3/c1-2-3-11-22-17(21)14-7-6-8-15(12-14)18-13-16(20)19-9-4-5-10-19/h6-8,12,18H,2-5,9-11,13H2,1H3. The van der Waals surface area contributed by atoms with Crippen LogP contribution in [0.3, 0.4) is 0 Å². The minimum absolute atomic E-state index is 0.105. The lowest BCUT2D eigenvalue weighted by Gasteiger charge is -2.16. The van der Waals surface area contributed by atoms with Crippen LogP contribution in [0.15, 0.2) is 24.3 Å². The lowest BCUT2D eigenvalue weighted by Crippen LogP contribution is -2.32. The average Bonchev–Trinajstić information content (AvgIpc) is 3.07. The molecular weight excluding hydrogens is 280 g/mol. The average molecular weight is 304 g/mol. The van der Waals surface area contributed by atoms with Crippen molar-refractivity contribution in [3.63, 3.8) is 0 Å². The fraction of sp³-hybridized carbons (Fsp3) is 0.529. The summed E-state index contributed by atoms with van der Waals surface area (Å²) in [4.78, 5) is 25.7. The molecule has 0 saturated carbocycles. The third kappa shape index (κ3) is 4.76. The third-order valence-corrected chi connectivity index (χ3v) is 3.73. The number of likely N-dealkylation sites (tertiary alicyclic amines) is 1. The molecule has 0 aromatic heterocycles. The predicted octanol–water partition coefficient (Wildman–Crippen LogP) is 2.68. The molecule has 1 saturated heterocycles. The van der Waals surface area contributed by atoms with Crippen molar-refractivity contribution in [1.29, 1.82) is 0 Å². The Balaban J connectivity index is 1.85. The summed E-state index contributed by atoms with van der Waals surface area (Å²) in [6, 6.07) is 7.09. The molecule has 1 aromatic carbocycles.